The summed E-state index contributed by atoms with van der Waals surface area (Å²) in [5.41, 5.74) is -0.340. The third-order valence-electron chi connectivity index (χ3n) is 9.52. The highest BCUT2D eigenvalue weighted by Gasteiger charge is 2.56. The van der Waals surface area contributed by atoms with Gasteiger partial charge in [-0.25, -0.2) is 4.90 Å². The van der Waals surface area contributed by atoms with Crippen molar-refractivity contribution in [3.63, 3.8) is 0 Å². The summed E-state index contributed by atoms with van der Waals surface area (Å²) in [6, 6.07) is 5.05. The van der Waals surface area contributed by atoms with Crippen LogP contribution in [0.4, 0.5) is 22.7 Å². The molecule has 6 rings (SSSR count). The van der Waals surface area contributed by atoms with Crippen LogP contribution in [0, 0.1) is 43.9 Å². The summed E-state index contributed by atoms with van der Waals surface area (Å²) in [6.45, 7) is 0. The van der Waals surface area contributed by atoms with Crippen molar-refractivity contribution in [1.82, 2.24) is 0 Å². The Hall–Kier alpha value is -5.64. The van der Waals surface area contributed by atoms with Crippen molar-refractivity contribution in [1.29, 1.82) is 0 Å². The number of carbonyl (C=O) groups excluding carboxylic acids is 4. The number of nitro benzene ring substituents is 2. The maximum Gasteiger partial charge on any atom is 0.301 e. The molecule has 0 radical (unpaired) electrons. The van der Waals surface area contributed by atoms with Gasteiger partial charge in [-0.1, -0.05) is 23.8 Å². The second-order valence-corrected chi connectivity index (χ2v) is 13.2. The molecule has 4 unspecified atom stereocenters. The fourth-order valence-corrected chi connectivity index (χ4v) is 7.86. The summed E-state index contributed by atoms with van der Waals surface area (Å²) >= 11 is 3.18. The van der Waals surface area contributed by atoms with Crippen LogP contribution in [0.1, 0.15) is 18.4 Å². The molecule has 0 saturated carbocycles. The zero-order chi connectivity index (χ0) is 36.3. The number of anilines is 2. The maximum absolute atomic E-state index is 14.3. The first-order chi connectivity index (χ1) is 23.7. The van der Waals surface area contributed by atoms with Crippen LogP contribution in [0.5, 0.6) is 17.2 Å². The average Bonchev–Trinajstić information content (AvgIpc) is 3.34. The van der Waals surface area contributed by atoms with Crippen molar-refractivity contribution in [2.24, 2.45) is 23.7 Å². The third-order valence-corrected chi connectivity index (χ3v) is 10.1. The normalized spacial score (nSPS) is 22.9. The van der Waals surface area contributed by atoms with Gasteiger partial charge in [-0.2, -0.15) is 0 Å². The number of amides is 2. The first-order valence-corrected chi connectivity index (χ1v) is 16.0. The van der Waals surface area contributed by atoms with Crippen molar-refractivity contribution in [3.05, 3.63) is 89.5 Å². The van der Waals surface area contributed by atoms with Crippen molar-refractivity contribution >= 4 is 68.1 Å². The molecule has 1 heterocycles. The van der Waals surface area contributed by atoms with Gasteiger partial charge < -0.3 is 19.5 Å². The summed E-state index contributed by atoms with van der Waals surface area (Å²) in [4.78, 5) is 79.6. The molecule has 0 spiro atoms. The number of ether oxygens (including phenoxy) is 2. The molecule has 16 heteroatoms. The molecule has 3 aliphatic carbocycles. The Morgan fingerprint density at radius 3 is 2.10 bits per heavy atom. The number of nitro groups is 2. The van der Waals surface area contributed by atoms with Crippen LogP contribution in [-0.4, -0.2) is 66.6 Å². The topological polar surface area (TPSA) is 200 Å². The summed E-state index contributed by atoms with van der Waals surface area (Å²) in [5.74, 6) is -5.65. The molecule has 1 N–H and O–H groups in total. The van der Waals surface area contributed by atoms with E-state index in [1.165, 1.54) is 39.3 Å². The first kappa shape index (κ1) is 34.2. The zero-order valence-corrected chi connectivity index (χ0v) is 28.6. The number of halogens is 1. The standard InChI is InChI=1S/C34H29BrN4O11/c1-36(2)30-23(38(45)46)11-16(12-24(30)39(47)48)37-33(43)19-8-7-17-18(6-5-15-9-26(49-3)32(42)27(10-15)50-4)28-21(13-20(17)29(19)34(37)44)31(41)22(35)14-25(28)40/h5-7,9-12,14,18-20,29,42H,8,13H2,1-4H3. The lowest BCUT2D eigenvalue weighted by molar-refractivity contribution is -0.392. The number of hydrogen-bond acceptors (Lipinski definition) is 12. The lowest BCUT2D eigenvalue weighted by Crippen LogP contribution is -2.40. The molecule has 1 saturated heterocycles. The number of methoxy groups -OCH3 is 2. The van der Waals surface area contributed by atoms with Gasteiger partial charge >= 0.3 is 11.4 Å². The van der Waals surface area contributed by atoms with E-state index in [0.29, 0.717) is 11.1 Å². The number of Topliss-reactive ketones (excluding diaryl/α,β-unsaturated/α-hetero) is 1. The van der Waals surface area contributed by atoms with E-state index in [-0.39, 0.29) is 57.1 Å². The van der Waals surface area contributed by atoms with Gasteiger partial charge in [0.15, 0.2) is 28.8 Å². The van der Waals surface area contributed by atoms with Crippen LogP contribution in [0.2, 0.25) is 0 Å². The number of ketones is 2. The molecule has 1 aliphatic heterocycles. The fraction of sp³-hybridized carbons (Fsp3) is 0.294. The van der Waals surface area contributed by atoms with Crippen LogP contribution in [0.25, 0.3) is 6.08 Å². The van der Waals surface area contributed by atoms with Crippen LogP contribution in [0.15, 0.2) is 63.7 Å². The van der Waals surface area contributed by atoms with Gasteiger partial charge in [-0.05, 0) is 52.4 Å². The number of imide groups is 1. The van der Waals surface area contributed by atoms with E-state index in [4.69, 9.17) is 9.47 Å². The van der Waals surface area contributed by atoms with E-state index in [9.17, 15) is 44.5 Å². The molecule has 4 atom stereocenters. The number of phenols is 1. The van der Waals surface area contributed by atoms with E-state index in [1.807, 2.05) is 0 Å². The summed E-state index contributed by atoms with van der Waals surface area (Å²) in [7, 11) is 5.56. The van der Waals surface area contributed by atoms with Crippen LogP contribution < -0.4 is 19.3 Å². The number of rotatable bonds is 8. The fourth-order valence-electron chi connectivity index (χ4n) is 7.41. The second kappa shape index (κ2) is 12.7. The Kier molecular flexibility index (Phi) is 8.67. The van der Waals surface area contributed by atoms with E-state index in [1.54, 1.807) is 30.4 Å². The van der Waals surface area contributed by atoms with Crippen LogP contribution >= 0.6 is 15.9 Å². The molecule has 50 heavy (non-hydrogen) atoms. The number of carbonyl (C=O) groups is 4. The van der Waals surface area contributed by atoms with Gasteiger partial charge in [-0.3, -0.25) is 39.4 Å². The maximum atomic E-state index is 14.3. The van der Waals surface area contributed by atoms with Gasteiger partial charge in [0, 0.05) is 49.4 Å². The Labute approximate surface area is 292 Å². The van der Waals surface area contributed by atoms with Crippen molar-refractivity contribution in [3.8, 4) is 17.2 Å². The Morgan fingerprint density at radius 2 is 1.56 bits per heavy atom. The minimum absolute atomic E-state index is 0.0340. The first-order valence-electron chi connectivity index (χ1n) is 15.2. The smallest absolute Gasteiger partial charge is 0.301 e. The molecular weight excluding hydrogens is 720 g/mol. The van der Waals surface area contributed by atoms with Gasteiger partial charge in [0.2, 0.25) is 17.6 Å². The molecule has 258 valence electrons. The van der Waals surface area contributed by atoms with E-state index >= 15 is 0 Å². The number of nitrogens with zero attached hydrogens (tertiary/aromatic N) is 4. The summed E-state index contributed by atoms with van der Waals surface area (Å²) < 4.78 is 10.6. The predicted octanol–water partition coefficient (Wildman–Crippen LogP) is 4.80. The second-order valence-electron chi connectivity index (χ2n) is 12.3. The minimum atomic E-state index is -1.03. The number of allylic oxidation sites excluding steroid dienone is 7. The molecule has 15 nitrogen and oxygen atoms in total. The Bertz CT molecular complexity index is 2000. The van der Waals surface area contributed by atoms with E-state index in [2.05, 4.69) is 15.9 Å². The number of aromatic hydroxyl groups is 1. The zero-order valence-electron chi connectivity index (χ0n) is 27.0. The average molecular weight is 750 g/mol. The number of benzene rings is 2. The molecular formula is C34H29BrN4O11. The summed E-state index contributed by atoms with van der Waals surface area (Å²) in [6.07, 6.45) is 6.38. The predicted molar refractivity (Wildman–Crippen MR) is 182 cm³/mol. The van der Waals surface area contributed by atoms with E-state index in [0.717, 1.165) is 17.0 Å². The number of phenolic OH excluding ortho intramolecular Hbond substituents is 1. The third kappa shape index (κ3) is 5.35. The largest absolute Gasteiger partial charge is 0.502 e. The van der Waals surface area contributed by atoms with Crippen molar-refractivity contribution < 1.29 is 43.6 Å². The quantitative estimate of drug-likeness (QED) is 0.127. The highest BCUT2D eigenvalue weighted by molar-refractivity contribution is 9.12. The van der Waals surface area contributed by atoms with Gasteiger partial charge in [-0.15, -0.1) is 0 Å². The lowest BCUT2D eigenvalue weighted by atomic mass is 9.61. The Balaban J connectivity index is 1.45. The monoisotopic (exact) mass is 748 g/mol. The molecule has 0 aromatic heterocycles. The molecule has 1 fully saturated rings. The van der Waals surface area contributed by atoms with Crippen LogP contribution in [-0.2, 0) is 19.2 Å². The van der Waals surface area contributed by atoms with Crippen molar-refractivity contribution in [2.75, 3.05) is 38.1 Å². The van der Waals surface area contributed by atoms with Gasteiger partial charge in [0.25, 0.3) is 0 Å². The minimum Gasteiger partial charge on any atom is -0.502 e. The Morgan fingerprint density at radius 1 is 0.960 bits per heavy atom. The SMILES string of the molecule is COc1cc(C=CC2C3=CCC4C(=O)N(c5cc([N+](=O)[O-])c(N(C)C)c([N+](=O)[O-])c5)C(=O)C4C3CC3=C2C(=O)C=C(Br)C3=O)cc(OC)c1O. The van der Waals surface area contributed by atoms with Gasteiger partial charge in [0.1, 0.15) is 0 Å². The molecule has 2 amide bonds. The van der Waals surface area contributed by atoms with Crippen molar-refractivity contribution in [2.45, 2.75) is 12.8 Å². The lowest BCUT2D eigenvalue weighted by Gasteiger charge is -2.41. The molecule has 2 aromatic rings. The number of hydrogen-bond donors (Lipinski definition) is 1. The molecule has 2 aromatic carbocycles. The number of fused-ring (bicyclic) bond motifs is 3. The molecule has 4 aliphatic rings. The summed E-state index contributed by atoms with van der Waals surface area (Å²) in [5, 5.41) is 34.4. The van der Waals surface area contributed by atoms with Crippen LogP contribution in [0.3, 0.4) is 0 Å². The van der Waals surface area contributed by atoms with Gasteiger partial charge in [0.05, 0.1) is 46.1 Å². The highest BCUT2D eigenvalue weighted by atomic mass is 79.9. The highest BCUT2D eigenvalue weighted by Crippen LogP contribution is 2.54. The van der Waals surface area contributed by atoms with E-state index < -0.39 is 68.3 Å². The molecule has 0 bridgehead atoms.